The quantitative estimate of drug-likeness (QED) is 0.801. The molecule has 2 rings (SSSR count). The highest BCUT2D eigenvalue weighted by atomic mass is 79.9. The van der Waals surface area contributed by atoms with Gasteiger partial charge in [-0.3, -0.25) is 0 Å². The van der Waals surface area contributed by atoms with Gasteiger partial charge in [0.25, 0.3) is 0 Å². The Kier molecular flexibility index (Phi) is 6.52. The van der Waals surface area contributed by atoms with Gasteiger partial charge < -0.3 is 15.0 Å². The van der Waals surface area contributed by atoms with Crippen molar-refractivity contribution in [1.82, 2.24) is 10.2 Å². The van der Waals surface area contributed by atoms with Crippen LogP contribution in [-0.2, 0) is 0 Å². The molecule has 0 aliphatic carbocycles. The zero-order valence-corrected chi connectivity index (χ0v) is 14.9. The topological polar surface area (TPSA) is 24.5 Å². The van der Waals surface area contributed by atoms with Crippen molar-refractivity contribution in [2.45, 2.75) is 45.2 Å². The molecular formula is C17H27BrN2O. The van der Waals surface area contributed by atoms with E-state index in [-0.39, 0.29) is 0 Å². The number of hydrogen-bond donors (Lipinski definition) is 1. The van der Waals surface area contributed by atoms with Crippen LogP contribution in [0, 0.1) is 0 Å². The van der Waals surface area contributed by atoms with E-state index in [1.54, 1.807) is 0 Å². The average molecular weight is 355 g/mol. The third kappa shape index (κ3) is 4.70. The zero-order chi connectivity index (χ0) is 15.2. The lowest BCUT2D eigenvalue weighted by atomic mass is 10.1. The van der Waals surface area contributed by atoms with Crippen molar-refractivity contribution in [1.29, 1.82) is 0 Å². The Morgan fingerprint density at radius 2 is 2.29 bits per heavy atom. The Balaban J connectivity index is 1.85. The first-order chi connectivity index (χ1) is 10.1. The number of rotatable bonds is 7. The molecule has 2 atom stereocenters. The monoisotopic (exact) mass is 354 g/mol. The number of benzene rings is 1. The minimum Gasteiger partial charge on any atom is -0.493 e. The Bertz CT molecular complexity index is 452. The van der Waals surface area contributed by atoms with Crippen molar-refractivity contribution in [3.05, 3.63) is 28.2 Å². The number of halogens is 1. The summed E-state index contributed by atoms with van der Waals surface area (Å²) in [7, 11) is 2.21. The lowest BCUT2D eigenvalue weighted by Gasteiger charge is -2.20. The Hall–Kier alpha value is -0.580. The molecule has 1 aliphatic rings. The summed E-state index contributed by atoms with van der Waals surface area (Å²) in [6, 6.07) is 7.36. The van der Waals surface area contributed by atoms with Gasteiger partial charge in [-0.2, -0.15) is 0 Å². The number of ether oxygens (including phenoxy) is 1. The van der Waals surface area contributed by atoms with Gasteiger partial charge in [0.1, 0.15) is 5.75 Å². The van der Waals surface area contributed by atoms with Gasteiger partial charge in [0.15, 0.2) is 0 Å². The number of nitrogens with zero attached hydrogens (tertiary/aromatic N) is 1. The molecule has 0 bridgehead atoms. The van der Waals surface area contributed by atoms with Crippen molar-refractivity contribution < 1.29 is 4.74 Å². The summed E-state index contributed by atoms with van der Waals surface area (Å²) in [6.07, 6.45) is 3.75. The Morgan fingerprint density at radius 1 is 1.48 bits per heavy atom. The molecule has 1 fully saturated rings. The van der Waals surface area contributed by atoms with Crippen LogP contribution in [0.4, 0.5) is 0 Å². The third-order valence-corrected chi connectivity index (χ3v) is 5.03. The molecule has 0 amide bonds. The van der Waals surface area contributed by atoms with E-state index in [1.165, 1.54) is 24.9 Å². The van der Waals surface area contributed by atoms with E-state index >= 15 is 0 Å². The first-order valence-electron chi connectivity index (χ1n) is 7.97. The number of nitrogens with one attached hydrogen (secondary N) is 1. The molecule has 0 radical (unpaired) electrons. The molecule has 1 aromatic carbocycles. The van der Waals surface area contributed by atoms with Crippen LogP contribution in [0.15, 0.2) is 22.7 Å². The maximum absolute atomic E-state index is 5.91. The second-order valence-corrected chi connectivity index (χ2v) is 6.73. The molecule has 4 heteroatoms. The van der Waals surface area contributed by atoms with Crippen molar-refractivity contribution in [2.24, 2.45) is 0 Å². The molecule has 0 aromatic heterocycles. The van der Waals surface area contributed by atoms with Crippen LogP contribution in [-0.4, -0.2) is 37.7 Å². The van der Waals surface area contributed by atoms with Crippen LogP contribution >= 0.6 is 15.9 Å². The predicted molar refractivity (Wildman–Crippen MR) is 92.0 cm³/mol. The van der Waals surface area contributed by atoms with Gasteiger partial charge >= 0.3 is 0 Å². The molecule has 3 nitrogen and oxygen atoms in total. The fraction of sp³-hybridized carbons (Fsp3) is 0.647. The van der Waals surface area contributed by atoms with Gasteiger partial charge in [-0.15, -0.1) is 0 Å². The van der Waals surface area contributed by atoms with Crippen molar-refractivity contribution in [2.75, 3.05) is 26.7 Å². The van der Waals surface area contributed by atoms with E-state index in [0.717, 1.165) is 29.8 Å². The SMILES string of the molecule is CCNC(C)c1ccc(OCCC2CCCN2C)cc1Br. The molecule has 2 unspecified atom stereocenters. The Labute approximate surface area is 137 Å². The molecule has 1 aromatic rings. The van der Waals surface area contributed by atoms with Gasteiger partial charge in [0.2, 0.25) is 0 Å². The standard InChI is InChI=1S/C17H27BrN2O/c1-4-19-13(2)16-8-7-15(12-17(16)18)21-11-9-14-6-5-10-20(14)3/h7-8,12-14,19H,4-6,9-11H2,1-3H3. The first-order valence-corrected chi connectivity index (χ1v) is 8.77. The van der Waals surface area contributed by atoms with Crippen molar-refractivity contribution in [3.8, 4) is 5.75 Å². The van der Waals surface area contributed by atoms with E-state index in [2.05, 4.69) is 65.2 Å². The average Bonchev–Trinajstić information content (AvgIpc) is 2.85. The minimum atomic E-state index is 0.352. The lowest BCUT2D eigenvalue weighted by Crippen LogP contribution is -2.26. The minimum absolute atomic E-state index is 0.352. The fourth-order valence-electron chi connectivity index (χ4n) is 3.02. The van der Waals surface area contributed by atoms with Gasteiger partial charge in [-0.25, -0.2) is 0 Å². The van der Waals surface area contributed by atoms with E-state index in [0.29, 0.717) is 12.1 Å². The molecular weight excluding hydrogens is 328 g/mol. The zero-order valence-electron chi connectivity index (χ0n) is 13.4. The molecule has 0 spiro atoms. The number of hydrogen-bond acceptors (Lipinski definition) is 3. The van der Waals surface area contributed by atoms with E-state index in [4.69, 9.17) is 4.74 Å². The van der Waals surface area contributed by atoms with E-state index in [9.17, 15) is 0 Å². The fourth-order valence-corrected chi connectivity index (χ4v) is 3.72. The molecule has 1 saturated heterocycles. The molecule has 1 aliphatic heterocycles. The van der Waals surface area contributed by atoms with Crippen LogP contribution in [0.2, 0.25) is 0 Å². The highest BCUT2D eigenvalue weighted by molar-refractivity contribution is 9.10. The summed E-state index contributed by atoms with van der Waals surface area (Å²) >= 11 is 3.66. The summed E-state index contributed by atoms with van der Waals surface area (Å²) in [6.45, 7) is 7.31. The van der Waals surface area contributed by atoms with Crippen molar-refractivity contribution in [3.63, 3.8) is 0 Å². The summed E-state index contributed by atoms with van der Waals surface area (Å²) in [4.78, 5) is 2.44. The summed E-state index contributed by atoms with van der Waals surface area (Å²) in [5, 5.41) is 3.43. The molecule has 1 heterocycles. The highest BCUT2D eigenvalue weighted by Crippen LogP contribution is 2.28. The van der Waals surface area contributed by atoms with Gasteiger partial charge in [0, 0.05) is 16.6 Å². The van der Waals surface area contributed by atoms with Crippen molar-refractivity contribution >= 4 is 15.9 Å². The second kappa shape index (κ2) is 8.16. The molecule has 118 valence electrons. The van der Waals surface area contributed by atoms with Crippen LogP contribution in [0.5, 0.6) is 5.75 Å². The lowest BCUT2D eigenvalue weighted by molar-refractivity contribution is 0.233. The normalized spacial score (nSPS) is 20.7. The van der Waals surface area contributed by atoms with Crippen LogP contribution in [0.25, 0.3) is 0 Å². The molecule has 0 saturated carbocycles. The third-order valence-electron chi connectivity index (χ3n) is 4.34. The summed E-state index contributed by atoms with van der Waals surface area (Å²) < 4.78 is 7.03. The van der Waals surface area contributed by atoms with Crippen LogP contribution < -0.4 is 10.1 Å². The smallest absolute Gasteiger partial charge is 0.120 e. The van der Waals surface area contributed by atoms with Crippen LogP contribution in [0.1, 0.15) is 44.7 Å². The van der Waals surface area contributed by atoms with E-state index < -0.39 is 0 Å². The van der Waals surface area contributed by atoms with Gasteiger partial charge in [0.05, 0.1) is 6.61 Å². The number of likely N-dealkylation sites (tertiary alicyclic amines) is 1. The van der Waals surface area contributed by atoms with Gasteiger partial charge in [-0.1, -0.05) is 28.9 Å². The van der Waals surface area contributed by atoms with Gasteiger partial charge in [-0.05, 0) is 64.0 Å². The maximum Gasteiger partial charge on any atom is 0.120 e. The van der Waals surface area contributed by atoms with E-state index in [1.807, 2.05) is 0 Å². The Morgan fingerprint density at radius 3 is 2.90 bits per heavy atom. The highest BCUT2D eigenvalue weighted by Gasteiger charge is 2.20. The molecule has 1 N–H and O–H groups in total. The first kappa shape index (κ1) is 16.8. The van der Waals surface area contributed by atoms with Crippen LogP contribution in [0.3, 0.4) is 0 Å². The largest absolute Gasteiger partial charge is 0.493 e. The maximum atomic E-state index is 5.91. The summed E-state index contributed by atoms with van der Waals surface area (Å²) in [5.41, 5.74) is 1.28. The molecule has 21 heavy (non-hydrogen) atoms. The predicted octanol–water partition coefficient (Wildman–Crippen LogP) is 3.98. The second-order valence-electron chi connectivity index (χ2n) is 5.88. The summed E-state index contributed by atoms with van der Waals surface area (Å²) in [5.74, 6) is 0.954.